The lowest BCUT2D eigenvalue weighted by Gasteiger charge is -2.57. The highest BCUT2D eigenvalue weighted by atomic mass is 28.4. The summed E-state index contributed by atoms with van der Waals surface area (Å²) < 4.78 is 8.42. The molecule has 1 heterocycles. The van der Waals surface area contributed by atoms with Gasteiger partial charge in [0.25, 0.3) is 0 Å². The van der Waals surface area contributed by atoms with Crippen molar-refractivity contribution in [2.45, 2.75) is 97.7 Å². The lowest BCUT2D eigenvalue weighted by Crippen LogP contribution is -2.71. The molecule has 0 saturated carbocycles. The number of carbonyl (C=O) groups is 1. The average molecular weight is 410 g/mol. The van der Waals surface area contributed by atoms with Crippen LogP contribution in [-0.2, 0) is 9.22 Å². The fourth-order valence-electron chi connectivity index (χ4n) is 2.91. The van der Waals surface area contributed by atoms with Gasteiger partial charge < -0.3 is 8.99 Å². The molecule has 1 unspecified atom stereocenters. The molecule has 156 valence electrons. The molecule has 2 atom stereocenters. The van der Waals surface area contributed by atoms with Gasteiger partial charge in [0.05, 0.1) is 18.6 Å². The van der Waals surface area contributed by atoms with Crippen molar-refractivity contribution in [2.24, 2.45) is 5.92 Å². The highest BCUT2D eigenvalue weighted by molar-refractivity contribution is 6.80. The summed E-state index contributed by atoms with van der Waals surface area (Å²) in [4.78, 5) is 12.6. The molecule has 0 aromatic carbocycles. The van der Waals surface area contributed by atoms with Crippen LogP contribution in [0.5, 0.6) is 0 Å². The van der Waals surface area contributed by atoms with Gasteiger partial charge in [-0.25, -0.2) is 0 Å². The van der Waals surface area contributed by atoms with E-state index in [0.717, 1.165) is 0 Å². The molecule has 0 radical (unpaired) electrons. The van der Waals surface area contributed by atoms with Crippen LogP contribution in [0.1, 0.15) is 55.4 Å². The fourth-order valence-corrected chi connectivity index (χ4v) is 6.38. The Morgan fingerprint density at radius 2 is 1.59 bits per heavy atom. The maximum atomic E-state index is 12.6. The summed E-state index contributed by atoms with van der Waals surface area (Å²) in [5, 5.41) is 0.396. The molecule has 1 rings (SSSR count). The molecular weight excluding hydrogens is 366 g/mol. The van der Waals surface area contributed by atoms with E-state index >= 15 is 0 Å². The first-order valence-electron chi connectivity index (χ1n) is 10.3. The molecule has 1 saturated heterocycles. The zero-order valence-electron chi connectivity index (χ0n) is 19.9. The first-order chi connectivity index (χ1) is 11.9. The first-order valence-corrected chi connectivity index (χ1v) is 16.1. The van der Waals surface area contributed by atoms with E-state index in [9.17, 15) is 4.79 Å². The summed E-state index contributed by atoms with van der Waals surface area (Å²) in [5.41, 5.74) is 1.21. The lowest BCUT2D eigenvalue weighted by molar-refractivity contribution is -0.144. The van der Waals surface area contributed by atoms with Crippen molar-refractivity contribution in [2.75, 3.05) is 6.61 Å². The number of amides is 1. The van der Waals surface area contributed by atoms with E-state index in [4.69, 9.17) is 4.43 Å². The molecule has 1 aliphatic rings. The van der Waals surface area contributed by atoms with Crippen molar-refractivity contribution in [3.8, 4) is 0 Å². The van der Waals surface area contributed by atoms with Crippen molar-refractivity contribution in [3.05, 3.63) is 23.8 Å². The standard InChI is InChI=1S/C22H43NO2Si2/c1-17(14-13-15-25-27(11,12)22(6,7)8)16-19-18(2)20(24)23(19)26(9,10)21(3,4)5/h13-14,16,18-19H,15H2,1-12H3/b14-13+,17-16+/t18?,19-/m1/s1. The Hall–Kier alpha value is -0.656. The van der Waals surface area contributed by atoms with Gasteiger partial charge >= 0.3 is 0 Å². The predicted octanol–water partition coefficient (Wildman–Crippen LogP) is 6.36. The van der Waals surface area contributed by atoms with Gasteiger partial charge in [-0.2, -0.15) is 0 Å². The number of nitrogens with zero attached hydrogens (tertiary/aromatic N) is 1. The average Bonchev–Trinajstić information content (AvgIpc) is 2.48. The van der Waals surface area contributed by atoms with Crippen LogP contribution in [0.15, 0.2) is 23.8 Å². The van der Waals surface area contributed by atoms with Crippen LogP contribution < -0.4 is 0 Å². The summed E-state index contributed by atoms with van der Waals surface area (Å²) in [6.07, 6.45) is 6.54. The molecule has 1 aliphatic heterocycles. The van der Waals surface area contributed by atoms with Crippen LogP contribution >= 0.6 is 0 Å². The van der Waals surface area contributed by atoms with E-state index in [1.807, 2.05) is 0 Å². The topological polar surface area (TPSA) is 29.5 Å². The van der Waals surface area contributed by atoms with Crippen LogP contribution in [-0.4, -0.2) is 39.7 Å². The van der Waals surface area contributed by atoms with Gasteiger partial charge in [0.15, 0.2) is 16.6 Å². The maximum absolute atomic E-state index is 12.6. The second kappa shape index (κ2) is 7.99. The molecule has 1 fully saturated rings. The third kappa shape index (κ3) is 5.24. The van der Waals surface area contributed by atoms with E-state index in [1.165, 1.54) is 5.57 Å². The van der Waals surface area contributed by atoms with Crippen LogP contribution in [0.2, 0.25) is 36.3 Å². The second-order valence-electron chi connectivity index (χ2n) is 11.2. The van der Waals surface area contributed by atoms with Gasteiger partial charge in [0, 0.05) is 0 Å². The fraction of sp³-hybridized carbons (Fsp3) is 0.773. The number of hydrogen-bond donors (Lipinski definition) is 0. The summed E-state index contributed by atoms with van der Waals surface area (Å²) in [7, 11) is -3.54. The molecular formula is C22H43NO2Si2. The van der Waals surface area contributed by atoms with E-state index < -0.39 is 16.6 Å². The highest BCUT2D eigenvalue weighted by Crippen LogP contribution is 2.45. The van der Waals surface area contributed by atoms with Crippen molar-refractivity contribution in [3.63, 3.8) is 0 Å². The number of rotatable bonds is 6. The largest absolute Gasteiger partial charge is 0.413 e. The van der Waals surface area contributed by atoms with E-state index in [-0.39, 0.29) is 22.0 Å². The first kappa shape index (κ1) is 24.4. The number of hydrogen-bond acceptors (Lipinski definition) is 2. The minimum absolute atomic E-state index is 0.0888. The molecule has 0 aromatic heterocycles. The molecule has 0 aliphatic carbocycles. The maximum Gasteiger partial charge on any atom is 0.220 e. The Bertz CT molecular complexity index is 607. The molecule has 0 bridgehead atoms. The van der Waals surface area contributed by atoms with Crippen molar-refractivity contribution >= 4 is 22.5 Å². The van der Waals surface area contributed by atoms with Gasteiger partial charge in [-0.05, 0) is 30.1 Å². The van der Waals surface area contributed by atoms with Crippen LogP contribution in [0.3, 0.4) is 0 Å². The quantitative estimate of drug-likeness (QED) is 0.290. The summed E-state index contributed by atoms with van der Waals surface area (Å²) in [5.74, 6) is 0.409. The summed E-state index contributed by atoms with van der Waals surface area (Å²) >= 11 is 0. The zero-order valence-corrected chi connectivity index (χ0v) is 21.9. The lowest BCUT2D eigenvalue weighted by atomic mass is 9.91. The van der Waals surface area contributed by atoms with Gasteiger partial charge in [-0.1, -0.05) is 85.4 Å². The Labute approximate surface area is 170 Å². The van der Waals surface area contributed by atoms with Gasteiger partial charge in [0.2, 0.25) is 5.91 Å². The second-order valence-corrected chi connectivity index (χ2v) is 21.1. The SMILES string of the molecule is CC(/C=C/CO[Si](C)(C)C(C)(C)C)=C\[C@@H]1C(C)C(=O)N1[Si](C)(C)C(C)(C)C. The van der Waals surface area contributed by atoms with Gasteiger partial charge in [0.1, 0.15) is 0 Å². The number of carbonyl (C=O) groups excluding carboxylic acids is 1. The minimum Gasteiger partial charge on any atom is -0.413 e. The number of allylic oxidation sites excluding steroid dienone is 2. The van der Waals surface area contributed by atoms with E-state index in [0.29, 0.717) is 12.5 Å². The predicted molar refractivity (Wildman–Crippen MR) is 123 cm³/mol. The van der Waals surface area contributed by atoms with Gasteiger partial charge in [-0.15, -0.1) is 0 Å². The third-order valence-corrected chi connectivity index (χ3v) is 16.9. The van der Waals surface area contributed by atoms with Crippen LogP contribution in [0, 0.1) is 5.92 Å². The zero-order chi connectivity index (χ0) is 21.4. The number of β-lactam (4-membered cyclic amide) rings is 1. The van der Waals surface area contributed by atoms with Crippen LogP contribution in [0.25, 0.3) is 0 Å². The van der Waals surface area contributed by atoms with Crippen molar-refractivity contribution < 1.29 is 9.22 Å². The molecule has 3 nitrogen and oxygen atoms in total. The summed E-state index contributed by atoms with van der Waals surface area (Å²) in [6.45, 7) is 27.6. The Morgan fingerprint density at radius 3 is 2.04 bits per heavy atom. The summed E-state index contributed by atoms with van der Waals surface area (Å²) in [6, 6.07) is 0.226. The van der Waals surface area contributed by atoms with Crippen molar-refractivity contribution in [1.29, 1.82) is 0 Å². The van der Waals surface area contributed by atoms with Crippen molar-refractivity contribution in [1.82, 2.24) is 4.57 Å². The molecule has 0 spiro atoms. The third-order valence-electron chi connectivity index (χ3n) is 7.04. The minimum atomic E-state index is -1.84. The molecule has 0 N–H and O–H groups in total. The Morgan fingerprint density at radius 1 is 1.07 bits per heavy atom. The molecule has 0 aromatic rings. The highest BCUT2D eigenvalue weighted by Gasteiger charge is 2.54. The van der Waals surface area contributed by atoms with Gasteiger partial charge in [-0.3, -0.25) is 4.79 Å². The van der Waals surface area contributed by atoms with E-state index in [2.05, 4.69) is 104 Å². The van der Waals surface area contributed by atoms with Crippen LogP contribution in [0.4, 0.5) is 0 Å². The molecule has 1 amide bonds. The van der Waals surface area contributed by atoms with E-state index in [1.54, 1.807) is 0 Å². The monoisotopic (exact) mass is 409 g/mol. The molecule has 27 heavy (non-hydrogen) atoms. The Balaban J connectivity index is 2.82. The Kier molecular flexibility index (Phi) is 7.22. The molecule has 5 heteroatoms. The smallest absolute Gasteiger partial charge is 0.220 e. The normalized spacial score (nSPS) is 23.2.